The second kappa shape index (κ2) is 5.63. The fourth-order valence-electron chi connectivity index (χ4n) is 3.50. The van der Waals surface area contributed by atoms with Gasteiger partial charge in [0.2, 0.25) is 0 Å². The van der Waals surface area contributed by atoms with E-state index in [0.717, 1.165) is 11.9 Å². The van der Waals surface area contributed by atoms with Crippen LogP contribution in [0.4, 0.5) is 0 Å². The van der Waals surface area contributed by atoms with Crippen LogP contribution in [0, 0.1) is 5.41 Å². The molecule has 0 N–H and O–H groups in total. The zero-order valence-electron chi connectivity index (χ0n) is 16.4. The number of rotatable bonds is 3. The van der Waals surface area contributed by atoms with Crippen LogP contribution in [0.3, 0.4) is 0 Å². The van der Waals surface area contributed by atoms with Crippen molar-refractivity contribution in [2.45, 2.75) is 85.4 Å². The van der Waals surface area contributed by atoms with Gasteiger partial charge in [-0.15, -0.1) is 0 Å². The Morgan fingerprint density at radius 3 is 1.65 bits per heavy atom. The van der Waals surface area contributed by atoms with Gasteiger partial charge < -0.3 is 9.31 Å². The Balaban J connectivity index is 2.18. The van der Waals surface area contributed by atoms with E-state index in [0.29, 0.717) is 5.41 Å². The SMILES string of the molecule is CC(C)(C)CC(C)(C)c1ccc(B2OC(C)(C)C(C)(C)O2)cc1. The zero-order chi connectivity index (χ0) is 17.7. The van der Waals surface area contributed by atoms with Crippen molar-refractivity contribution >= 4 is 12.6 Å². The minimum absolute atomic E-state index is 0.159. The lowest BCUT2D eigenvalue weighted by molar-refractivity contribution is 0.00578. The van der Waals surface area contributed by atoms with Gasteiger partial charge in [0.25, 0.3) is 0 Å². The van der Waals surface area contributed by atoms with Gasteiger partial charge in [-0.1, -0.05) is 58.9 Å². The topological polar surface area (TPSA) is 18.5 Å². The van der Waals surface area contributed by atoms with Crippen LogP contribution >= 0.6 is 0 Å². The molecule has 0 aliphatic carbocycles. The molecule has 3 heteroatoms. The maximum Gasteiger partial charge on any atom is 0.494 e. The Bertz CT molecular complexity index is 534. The summed E-state index contributed by atoms with van der Waals surface area (Å²) in [4.78, 5) is 0. The number of hydrogen-bond donors (Lipinski definition) is 0. The summed E-state index contributed by atoms with van der Waals surface area (Å²) in [6.07, 6.45) is 1.15. The summed E-state index contributed by atoms with van der Waals surface area (Å²) in [5, 5.41) is 0. The highest BCUT2D eigenvalue weighted by atomic mass is 16.7. The van der Waals surface area contributed by atoms with Crippen LogP contribution in [-0.2, 0) is 14.7 Å². The minimum Gasteiger partial charge on any atom is -0.399 e. The summed E-state index contributed by atoms with van der Waals surface area (Å²) in [6, 6.07) is 8.77. The fourth-order valence-corrected chi connectivity index (χ4v) is 3.50. The summed E-state index contributed by atoms with van der Waals surface area (Å²) < 4.78 is 12.3. The summed E-state index contributed by atoms with van der Waals surface area (Å²) in [5.74, 6) is 0. The van der Waals surface area contributed by atoms with E-state index in [1.165, 1.54) is 5.56 Å². The van der Waals surface area contributed by atoms with Crippen molar-refractivity contribution in [1.82, 2.24) is 0 Å². The van der Waals surface area contributed by atoms with E-state index in [9.17, 15) is 0 Å². The van der Waals surface area contributed by atoms with Crippen LogP contribution in [0.15, 0.2) is 24.3 Å². The van der Waals surface area contributed by atoms with Gasteiger partial charge in [0.15, 0.2) is 0 Å². The molecule has 0 radical (unpaired) electrons. The first-order valence-electron chi connectivity index (χ1n) is 8.70. The third-order valence-corrected chi connectivity index (χ3v) is 5.19. The first kappa shape index (κ1) is 18.5. The summed E-state index contributed by atoms with van der Waals surface area (Å²) >= 11 is 0. The van der Waals surface area contributed by atoms with Gasteiger partial charge in [0.1, 0.15) is 0 Å². The van der Waals surface area contributed by atoms with Crippen LogP contribution in [0.2, 0.25) is 0 Å². The van der Waals surface area contributed by atoms with Gasteiger partial charge in [-0.3, -0.25) is 0 Å². The molecule has 0 amide bonds. The fraction of sp³-hybridized carbons (Fsp3) is 0.700. The van der Waals surface area contributed by atoms with E-state index >= 15 is 0 Å². The first-order valence-corrected chi connectivity index (χ1v) is 8.70. The minimum atomic E-state index is -0.290. The van der Waals surface area contributed by atoms with E-state index in [1.807, 2.05) is 0 Å². The highest BCUT2D eigenvalue weighted by Crippen LogP contribution is 2.38. The van der Waals surface area contributed by atoms with Crippen molar-refractivity contribution in [2.75, 3.05) is 0 Å². The van der Waals surface area contributed by atoms with E-state index in [4.69, 9.17) is 9.31 Å². The van der Waals surface area contributed by atoms with Crippen molar-refractivity contribution in [3.63, 3.8) is 0 Å². The molecule has 1 aliphatic rings. The summed E-state index contributed by atoms with van der Waals surface area (Å²) in [7, 11) is -0.278. The first-order chi connectivity index (χ1) is 10.2. The molecule has 0 saturated carbocycles. The van der Waals surface area contributed by atoms with Gasteiger partial charge in [0.05, 0.1) is 11.2 Å². The van der Waals surface area contributed by atoms with E-state index in [2.05, 4.69) is 86.6 Å². The van der Waals surface area contributed by atoms with Gasteiger partial charge >= 0.3 is 7.12 Å². The molecule has 0 unspecified atom stereocenters. The second-order valence-corrected chi connectivity index (χ2v) is 9.83. The molecule has 1 aromatic rings. The molecule has 0 spiro atoms. The Hall–Kier alpha value is -0.795. The van der Waals surface area contributed by atoms with Crippen molar-refractivity contribution in [2.24, 2.45) is 5.41 Å². The van der Waals surface area contributed by atoms with Gasteiger partial charge in [0, 0.05) is 0 Å². The molecular formula is C20H33BO2. The Morgan fingerprint density at radius 2 is 1.26 bits per heavy atom. The predicted octanol–water partition coefficient (Wildman–Crippen LogP) is 4.70. The van der Waals surface area contributed by atoms with Crippen molar-refractivity contribution in [3.05, 3.63) is 29.8 Å². The predicted molar refractivity (Wildman–Crippen MR) is 99.3 cm³/mol. The van der Waals surface area contributed by atoms with E-state index < -0.39 is 0 Å². The summed E-state index contributed by atoms with van der Waals surface area (Å²) in [5.41, 5.74) is 2.36. The lowest BCUT2D eigenvalue weighted by Gasteiger charge is -2.33. The standard InChI is InChI=1S/C20H33BO2/c1-17(2,3)14-18(4,5)15-10-12-16(13-11-15)21-22-19(6,7)20(8,9)23-21/h10-13H,14H2,1-9H3. The van der Waals surface area contributed by atoms with Crippen LogP contribution in [0.1, 0.15) is 74.3 Å². The molecule has 1 aromatic carbocycles. The molecular weight excluding hydrogens is 283 g/mol. The lowest BCUT2D eigenvalue weighted by atomic mass is 9.71. The number of hydrogen-bond acceptors (Lipinski definition) is 2. The average Bonchev–Trinajstić information content (AvgIpc) is 2.56. The molecule has 1 fully saturated rings. The van der Waals surface area contributed by atoms with Crippen LogP contribution < -0.4 is 5.46 Å². The molecule has 2 nitrogen and oxygen atoms in total. The van der Waals surface area contributed by atoms with E-state index in [1.54, 1.807) is 0 Å². The van der Waals surface area contributed by atoms with Gasteiger partial charge in [-0.2, -0.15) is 0 Å². The highest BCUT2D eigenvalue weighted by molar-refractivity contribution is 6.62. The molecule has 0 bridgehead atoms. The molecule has 2 rings (SSSR count). The molecule has 1 saturated heterocycles. The van der Waals surface area contributed by atoms with E-state index in [-0.39, 0.29) is 23.7 Å². The second-order valence-electron chi connectivity index (χ2n) is 9.83. The third kappa shape index (κ3) is 4.00. The largest absolute Gasteiger partial charge is 0.494 e. The highest BCUT2D eigenvalue weighted by Gasteiger charge is 2.51. The summed E-state index contributed by atoms with van der Waals surface area (Å²) in [6.45, 7) is 19.9. The monoisotopic (exact) mass is 316 g/mol. The zero-order valence-corrected chi connectivity index (χ0v) is 16.4. The van der Waals surface area contributed by atoms with Crippen LogP contribution in [0.5, 0.6) is 0 Å². The lowest BCUT2D eigenvalue weighted by Crippen LogP contribution is -2.41. The van der Waals surface area contributed by atoms with Gasteiger partial charge in [-0.25, -0.2) is 0 Å². The Kier molecular flexibility index (Phi) is 4.54. The molecule has 23 heavy (non-hydrogen) atoms. The van der Waals surface area contributed by atoms with Crippen LogP contribution in [-0.4, -0.2) is 18.3 Å². The van der Waals surface area contributed by atoms with Crippen molar-refractivity contribution in [1.29, 1.82) is 0 Å². The maximum atomic E-state index is 6.13. The van der Waals surface area contributed by atoms with Gasteiger partial charge in [-0.05, 0) is 56.0 Å². The Morgan fingerprint density at radius 1 is 0.826 bits per heavy atom. The quantitative estimate of drug-likeness (QED) is 0.753. The average molecular weight is 316 g/mol. The molecule has 0 aromatic heterocycles. The molecule has 1 aliphatic heterocycles. The number of benzene rings is 1. The third-order valence-electron chi connectivity index (χ3n) is 5.19. The molecule has 1 heterocycles. The normalized spacial score (nSPS) is 20.8. The van der Waals surface area contributed by atoms with Crippen molar-refractivity contribution < 1.29 is 9.31 Å². The van der Waals surface area contributed by atoms with Crippen LogP contribution in [0.25, 0.3) is 0 Å². The smallest absolute Gasteiger partial charge is 0.399 e. The Labute approximate surface area is 143 Å². The maximum absolute atomic E-state index is 6.13. The molecule has 128 valence electrons. The van der Waals surface area contributed by atoms with Crippen molar-refractivity contribution in [3.8, 4) is 0 Å². The molecule has 0 atom stereocenters.